The van der Waals surface area contributed by atoms with Gasteiger partial charge in [0.1, 0.15) is 35.5 Å². The molecule has 0 aliphatic carbocycles. The summed E-state index contributed by atoms with van der Waals surface area (Å²) in [6.07, 6.45) is 1.21. The molecule has 0 atom stereocenters. The van der Waals surface area contributed by atoms with Crippen LogP contribution in [0.3, 0.4) is 0 Å². The summed E-state index contributed by atoms with van der Waals surface area (Å²) >= 11 is 0.866. The minimum atomic E-state index is -4.00. The second-order valence-corrected chi connectivity index (χ2v) is 8.81. The van der Waals surface area contributed by atoms with Gasteiger partial charge >= 0.3 is 0 Å². The highest BCUT2D eigenvalue weighted by Gasteiger charge is 2.19. The molecule has 0 radical (unpaired) electrons. The van der Waals surface area contributed by atoms with Crippen LogP contribution in [0.25, 0.3) is 11.1 Å². The second-order valence-electron chi connectivity index (χ2n) is 6.34. The first-order valence-electron chi connectivity index (χ1n) is 8.93. The zero-order valence-corrected chi connectivity index (χ0v) is 17.6. The maximum Gasteiger partial charge on any atom is 0.263 e. The molecule has 32 heavy (non-hydrogen) atoms. The van der Waals surface area contributed by atoms with Gasteiger partial charge < -0.3 is 4.74 Å². The predicted octanol–water partition coefficient (Wildman–Crippen LogP) is 4.95. The molecule has 0 saturated carbocycles. The molecule has 0 bridgehead atoms. The number of nitrogens with one attached hydrogen (secondary N) is 1. The van der Waals surface area contributed by atoms with Gasteiger partial charge in [0.05, 0.1) is 10.5 Å². The predicted molar refractivity (Wildman–Crippen MR) is 114 cm³/mol. The van der Waals surface area contributed by atoms with Gasteiger partial charge in [-0.15, -0.1) is 0 Å². The van der Waals surface area contributed by atoms with E-state index in [1.807, 2.05) is 6.07 Å². The molecule has 1 N–H and O–H groups in total. The molecule has 0 aliphatic heterocycles. The third-order valence-electron chi connectivity index (χ3n) is 4.29. The quantitative estimate of drug-likeness (QED) is 0.428. The van der Waals surface area contributed by atoms with E-state index in [2.05, 4.69) is 14.1 Å². The van der Waals surface area contributed by atoms with Crippen molar-refractivity contribution in [2.45, 2.75) is 4.90 Å². The molecular weight excluding hydrogens is 458 g/mol. The van der Waals surface area contributed by atoms with Crippen LogP contribution < -0.4 is 9.46 Å². The van der Waals surface area contributed by atoms with Gasteiger partial charge in [0, 0.05) is 28.7 Å². The first-order valence-corrected chi connectivity index (χ1v) is 11.2. The number of hydrogen-bond donors (Lipinski definition) is 1. The Bertz CT molecular complexity index is 1440. The van der Waals surface area contributed by atoms with Crippen molar-refractivity contribution in [3.05, 3.63) is 84.2 Å². The highest BCUT2D eigenvalue weighted by Crippen LogP contribution is 2.36. The lowest BCUT2D eigenvalue weighted by Crippen LogP contribution is -2.13. The van der Waals surface area contributed by atoms with Crippen molar-refractivity contribution < 1.29 is 21.9 Å². The van der Waals surface area contributed by atoms with Crippen molar-refractivity contribution >= 4 is 26.7 Å². The monoisotopic (exact) mass is 470 g/mol. The fourth-order valence-corrected chi connectivity index (χ4v) is 4.54. The van der Waals surface area contributed by atoms with Gasteiger partial charge in [-0.05, 0) is 36.4 Å². The molecule has 3 aromatic carbocycles. The molecule has 0 amide bonds. The van der Waals surface area contributed by atoms with E-state index >= 15 is 0 Å². The number of para-hydroxylation sites is 1. The molecule has 0 aliphatic rings. The van der Waals surface area contributed by atoms with Crippen LogP contribution in [0.15, 0.2) is 71.9 Å². The van der Waals surface area contributed by atoms with Crippen LogP contribution in [0.5, 0.6) is 11.5 Å². The number of rotatable bonds is 6. The highest BCUT2D eigenvalue weighted by molar-refractivity contribution is 7.93. The van der Waals surface area contributed by atoms with Crippen LogP contribution in [0, 0.1) is 23.0 Å². The fourth-order valence-electron chi connectivity index (χ4n) is 2.85. The lowest BCUT2D eigenvalue weighted by atomic mass is 10.0. The number of ether oxygens (including phenoxy) is 1. The van der Waals surface area contributed by atoms with Gasteiger partial charge in [-0.25, -0.2) is 22.2 Å². The Labute approximate surface area is 185 Å². The summed E-state index contributed by atoms with van der Waals surface area (Å²) < 4.78 is 64.5. The van der Waals surface area contributed by atoms with Gasteiger partial charge in [-0.2, -0.15) is 9.64 Å². The molecule has 1 aromatic heterocycles. The van der Waals surface area contributed by atoms with Crippen LogP contribution in [0.1, 0.15) is 5.56 Å². The Balaban J connectivity index is 1.69. The standard InChI is InChI=1S/C21H12F2N4O3S2/c22-14-5-7-16(18(23)10-14)17-3-1-2-4-20(17)30-19-8-6-15(9-13(19)11-24)32(28,29)27-21-25-12-26-31-21/h1-10,12H,(H,25,26,27). The maximum atomic E-state index is 14.3. The van der Waals surface area contributed by atoms with E-state index in [0.29, 0.717) is 5.56 Å². The summed E-state index contributed by atoms with van der Waals surface area (Å²) in [6, 6.07) is 15.3. The maximum absolute atomic E-state index is 14.3. The number of nitriles is 1. The van der Waals surface area contributed by atoms with Crippen molar-refractivity contribution in [1.29, 1.82) is 5.26 Å². The van der Waals surface area contributed by atoms with Crippen LogP contribution in [-0.4, -0.2) is 17.8 Å². The van der Waals surface area contributed by atoms with E-state index in [9.17, 15) is 22.5 Å². The van der Waals surface area contributed by atoms with Crippen molar-refractivity contribution in [2.24, 2.45) is 0 Å². The molecule has 4 aromatic rings. The molecule has 7 nitrogen and oxygen atoms in total. The molecule has 0 fully saturated rings. The minimum absolute atomic E-state index is 0.0560. The Morgan fingerprint density at radius 2 is 1.81 bits per heavy atom. The van der Waals surface area contributed by atoms with Gasteiger partial charge in [0.2, 0.25) is 5.13 Å². The molecule has 0 unspecified atom stereocenters. The largest absolute Gasteiger partial charge is 0.455 e. The third-order valence-corrected chi connectivity index (χ3v) is 6.34. The van der Waals surface area contributed by atoms with Gasteiger partial charge in [0.25, 0.3) is 10.0 Å². The summed E-state index contributed by atoms with van der Waals surface area (Å²) in [5.41, 5.74) is 0.393. The minimum Gasteiger partial charge on any atom is -0.455 e. The number of benzene rings is 3. The van der Waals surface area contributed by atoms with E-state index in [0.717, 1.165) is 29.7 Å². The Hall–Kier alpha value is -3.88. The van der Waals surface area contributed by atoms with Gasteiger partial charge in [-0.3, -0.25) is 4.72 Å². The topological polar surface area (TPSA) is 105 Å². The van der Waals surface area contributed by atoms with E-state index < -0.39 is 21.7 Å². The van der Waals surface area contributed by atoms with Crippen LogP contribution in [0.4, 0.5) is 13.9 Å². The summed E-state index contributed by atoms with van der Waals surface area (Å²) in [5, 5.41) is 9.62. The lowest BCUT2D eigenvalue weighted by molar-refractivity contribution is 0.481. The van der Waals surface area contributed by atoms with E-state index in [1.54, 1.807) is 24.3 Å². The average molecular weight is 470 g/mol. The van der Waals surface area contributed by atoms with E-state index in [-0.39, 0.29) is 32.7 Å². The Morgan fingerprint density at radius 1 is 1.00 bits per heavy atom. The fraction of sp³-hybridized carbons (Fsp3) is 0. The van der Waals surface area contributed by atoms with E-state index in [1.165, 1.54) is 24.5 Å². The number of anilines is 1. The summed E-state index contributed by atoms with van der Waals surface area (Å²) in [4.78, 5) is 3.60. The lowest BCUT2D eigenvalue weighted by Gasteiger charge is -2.14. The average Bonchev–Trinajstić information content (AvgIpc) is 3.27. The molecule has 0 spiro atoms. The second kappa shape index (κ2) is 8.70. The van der Waals surface area contributed by atoms with Crippen molar-refractivity contribution in [3.8, 4) is 28.7 Å². The summed E-state index contributed by atoms with van der Waals surface area (Å²) in [7, 11) is -4.00. The Kier molecular flexibility index (Phi) is 5.81. The van der Waals surface area contributed by atoms with Gasteiger partial charge in [0.15, 0.2) is 0 Å². The van der Waals surface area contributed by atoms with Gasteiger partial charge in [-0.1, -0.05) is 18.2 Å². The van der Waals surface area contributed by atoms with Crippen molar-refractivity contribution in [1.82, 2.24) is 9.36 Å². The van der Waals surface area contributed by atoms with Crippen LogP contribution >= 0.6 is 11.5 Å². The van der Waals surface area contributed by atoms with Crippen molar-refractivity contribution in [3.63, 3.8) is 0 Å². The normalized spacial score (nSPS) is 11.0. The summed E-state index contributed by atoms with van der Waals surface area (Å²) in [5.74, 6) is -1.21. The zero-order valence-electron chi connectivity index (χ0n) is 16.0. The third kappa shape index (κ3) is 4.41. The first kappa shape index (κ1) is 21.4. The van der Waals surface area contributed by atoms with Crippen molar-refractivity contribution in [2.75, 3.05) is 4.72 Å². The molecule has 160 valence electrons. The molecule has 11 heteroatoms. The molecular formula is C21H12F2N4O3S2. The number of aromatic nitrogens is 2. The number of sulfonamides is 1. The highest BCUT2D eigenvalue weighted by atomic mass is 32.2. The molecule has 1 heterocycles. The van der Waals surface area contributed by atoms with Crippen LogP contribution in [0.2, 0.25) is 0 Å². The molecule has 4 rings (SSSR count). The number of halogens is 2. The summed E-state index contributed by atoms with van der Waals surface area (Å²) in [6.45, 7) is 0. The SMILES string of the molecule is N#Cc1cc(S(=O)(=O)Nc2ncns2)ccc1Oc1ccccc1-c1ccc(F)cc1F. The molecule has 0 saturated heterocycles. The smallest absolute Gasteiger partial charge is 0.263 e. The zero-order chi connectivity index (χ0) is 22.7. The number of hydrogen-bond acceptors (Lipinski definition) is 7. The van der Waals surface area contributed by atoms with E-state index in [4.69, 9.17) is 4.74 Å². The first-order chi connectivity index (χ1) is 15.4. The van der Waals surface area contributed by atoms with Crippen LogP contribution in [-0.2, 0) is 10.0 Å². The number of nitrogens with zero attached hydrogens (tertiary/aromatic N) is 3. The Morgan fingerprint density at radius 3 is 2.53 bits per heavy atom.